The summed E-state index contributed by atoms with van der Waals surface area (Å²) in [5.41, 5.74) is 14.8. The molecule has 0 heterocycles. The van der Waals surface area contributed by atoms with Gasteiger partial charge in [0.05, 0.1) is 5.56 Å². The number of fused-ring (bicyclic) bond motifs is 3. The number of hydrogen-bond acceptors (Lipinski definition) is 10. The molecule has 5 atom stereocenters. The third-order valence-corrected chi connectivity index (χ3v) is 10.5. The van der Waals surface area contributed by atoms with Crippen LogP contribution in [0.15, 0.2) is 72.8 Å². The zero-order valence-electron chi connectivity index (χ0n) is 34.4. The smallest absolute Gasteiger partial charge is 0.449 e. The molecule has 17 nitrogen and oxygen atoms in total. The number of alkyl halides is 2. The number of carbonyl (C=O) groups excluding carboxylic acids is 6. The predicted molar refractivity (Wildman–Crippen MR) is 223 cm³/mol. The third-order valence-electron chi connectivity index (χ3n) is 10.1. The molecule has 20 heteroatoms. The number of nitrogens with one attached hydrogen (secondary N) is 5. The van der Waals surface area contributed by atoms with Crippen LogP contribution in [-0.2, 0) is 50.3 Å². The largest absolute Gasteiger partial charge is 0.701 e. The molecular weight excluding hydrogens is 831 g/mol. The van der Waals surface area contributed by atoms with E-state index in [0.717, 1.165) is 41.3 Å². The van der Waals surface area contributed by atoms with Crippen LogP contribution in [0, 0.1) is 0 Å². The average molecular weight is 885 g/mol. The number of benzene rings is 3. The Morgan fingerprint density at radius 1 is 0.774 bits per heavy atom. The topological polar surface area (TPSA) is 270 Å². The third kappa shape index (κ3) is 14.4. The van der Waals surface area contributed by atoms with Crippen molar-refractivity contribution in [1.29, 1.82) is 0 Å². The number of carbonyl (C=O) groups is 6. The van der Waals surface area contributed by atoms with Gasteiger partial charge in [-0.05, 0) is 96.5 Å². The molecule has 1 aliphatic carbocycles. The molecule has 0 bridgehead atoms. The van der Waals surface area contributed by atoms with Crippen molar-refractivity contribution in [2.45, 2.75) is 95.0 Å². The van der Waals surface area contributed by atoms with Crippen molar-refractivity contribution in [3.63, 3.8) is 0 Å². The molecule has 334 valence electrons. The second kappa shape index (κ2) is 23.4. The molecule has 10 N–H and O–H groups in total. The van der Waals surface area contributed by atoms with Crippen molar-refractivity contribution in [3.05, 3.63) is 95.1 Å². The summed E-state index contributed by atoms with van der Waals surface area (Å²) >= 11 is 0. The highest BCUT2D eigenvalue weighted by Crippen LogP contribution is 2.44. The van der Waals surface area contributed by atoms with Gasteiger partial charge in [-0.2, -0.15) is 8.78 Å². The summed E-state index contributed by atoms with van der Waals surface area (Å²) in [7, 11) is -3.62. The number of ether oxygens (including phenoxy) is 1. The van der Waals surface area contributed by atoms with Gasteiger partial charge in [-0.25, -0.2) is 4.79 Å². The summed E-state index contributed by atoms with van der Waals surface area (Å²) in [6.07, 6.45) is -2.99. The number of amides is 6. The molecular formula is C42H53F2N7O10P+. The molecule has 0 aromatic heterocycles. The summed E-state index contributed by atoms with van der Waals surface area (Å²) < 4.78 is 48.6. The Balaban J connectivity index is 1.40. The van der Waals surface area contributed by atoms with E-state index in [2.05, 4.69) is 31.1 Å². The number of halogens is 2. The Morgan fingerprint density at radius 3 is 1.92 bits per heavy atom. The van der Waals surface area contributed by atoms with E-state index < -0.39 is 79.7 Å². The number of alkyl carbamates (subject to hydrolysis) is 1. The van der Waals surface area contributed by atoms with E-state index in [4.69, 9.17) is 21.1 Å². The number of rotatable bonds is 24. The van der Waals surface area contributed by atoms with Gasteiger partial charge in [0, 0.05) is 30.4 Å². The van der Waals surface area contributed by atoms with Crippen molar-refractivity contribution in [2.75, 3.05) is 19.7 Å². The standard InChI is InChI=1S/C42H52F2N7O10P/c1-25(38(54)50-34(37(46)53)15-7-9-21-45)48-39(55)35(51-40(56)36(49-26(2)52)23-27-17-19-28(20-18-27)42(43,44)61-62(58)59)16-8-10-22-47-41(57)60-24-33-31-13-5-3-11-29(31)30-12-4-6-14-32(30)33/h3-6,11-14,17-20,25,33-36H,7-10,15-16,21-24,45H2,1-2H3,(H7-,46,47,48,49,50,51,52,53,54,55,56,57,58,59)/p+1. The average Bonchev–Trinajstić information content (AvgIpc) is 3.54. The van der Waals surface area contributed by atoms with Crippen molar-refractivity contribution >= 4 is 43.9 Å². The van der Waals surface area contributed by atoms with Crippen LogP contribution >= 0.6 is 8.25 Å². The molecule has 1 aliphatic rings. The van der Waals surface area contributed by atoms with Gasteiger partial charge in [0.1, 0.15) is 30.8 Å². The van der Waals surface area contributed by atoms with Gasteiger partial charge in [-0.3, -0.25) is 24.0 Å². The molecule has 5 unspecified atom stereocenters. The minimum absolute atomic E-state index is 0.00493. The lowest BCUT2D eigenvalue weighted by Crippen LogP contribution is -2.57. The highest BCUT2D eigenvalue weighted by atomic mass is 31.1. The Kier molecular flexibility index (Phi) is 18.4. The van der Waals surface area contributed by atoms with Crippen LogP contribution in [0.2, 0.25) is 0 Å². The van der Waals surface area contributed by atoms with Crippen molar-refractivity contribution in [3.8, 4) is 11.1 Å². The van der Waals surface area contributed by atoms with Crippen molar-refractivity contribution in [1.82, 2.24) is 26.6 Å². The van der Waals surface area contributed by atoms with E-state index >= 15 is 0 Å². The second-order valence-corrected chi connectivity index (χ2v) is 15.4. The lowest BCUT2D eigenvalue weighted by molar-refractivity contribution is -0.185. The van der Waals surface area contributed by atoms with Gasteiger partial charge in [0.2, 0.25) is 29.5 Å². The van der Waals surface area contributed by atoms with Crippen LogP contribution in [0.3, 0.4) is 0 Å². The lowest BCUT2D eigenvalue weighted by Gasteiger charge is -2.25. The minimum Gasteiger partial charge on any atom is -0.449 e. The number of primary amides is 1. The van der Waals surface area contributed by atoms with Gasteiger partial charge in [0.15, 0.2) is 0 Å². The summed E-state index contributed by atoms with van der Waals surface area (Å²) in [6, 6.07) is 15.3. The number of unbranched alkanes of at least 4 members (excludes halogenated alkanes) is 2. The van der Waals surface area contributed by atoms with E-state index in [9.17, 15) is 42.1 Å². The Bertz CT molecular complexity index is 2030. The predicted octanol–water partition coefficient (Wildman–Crippen LogP) is 3.25. The quantitative estimate of drug-likeness (QED) is 0.0478. The van der Waals surface area contributed by atoms with E-state index in [1.807, 2.05) is 48.5 Å². The normalized spacial score (nSPS) is 14.2. The Hall–Kier alpha value is -5.88. The number of hydrogen-bond donors (Lipinski definition) is 8. The second-order valence-electron chi connectivity index (χ2n) is 14.8. The minimum atomic E-state index is -4.08. The molecule has 4 rings (SSSR count). The van der Waals surface area contributed by atoms with E-state index in [-0.39, 0.29) is 44.8 Å². The molecule has 3 aromatic rings. The molecule has 0 aliphatic heterocycles. The van der Waals surface area contributed by atoms with Crippen LogP contribution in [-0.4, -0.2) is 84.4 Å². The molecule has 0 saturated heterocycles. The molecule has 3 aromatic carbocycles. The van der Waals surface area contributed by atoms with Crippen LogP contribution in [0.25, 0.3) is 11.1 Å². The van der Waals surface area contributed by atoms with Gasteiger partial charge < -0.3 is 42.8 Å². The van der Waals surface area contributed by atoms with Gasteiger partial charge in [0.25, 0.3) is 0 Å². The molecule has 0 spiro atoms. The highest BCUT2D eigenvalue weighted by molar-refractivity contribution is 7.32. The van der Waals surface area contributed by atoms with Crippen molar-refractivity contribution < 1.29 is 56.3 Å². The molecule has 62 heavy (non-hydrogen) atoms. The Labute approximate surface area is 358 Å². The summed E-state index contributed by atoms with van der Waals surface area (Å²) in [5, 5.41) is 12.9. The van der Waals surface area contributed by atoms with Gasteiger partial charge in [-0.1, -0.05) is 60.7 Å². The molecule has 0 radical (unpaired) electrons. The maximum atomic E-state index is 14.2. The first-order chi connectivity index (χ1) is 29.5. The van der Waals surface area contributed by atoms with Crippen LogP contribution in [0.5, 0.6) is 0 Å². The highest BCUT2D eigenvalue weighted by Gasteiger charge is 2.43. The van der Waals surface area contributed by atoms with Crippen LogP contribution in [0.1, 0.15) is 80.5 Å². The fraction of sp³-hybridized carbons (Fsp3) is 0.429. The molecule has 6 amide bonds. The summed E-state index contributed by atoms with van der Waals surface area (Å²) in [4.78, 5) is 86.1. The fourth-order valence-corrected chi connectivity index (χ4v) is 7.29. The Morgan fingerprint density at radius 2 is 1.34 bits per heavy atom. The fourth-order valence-electron chi connectivity index (χ4n) is 6.99. The molecule has 0 fully saturated rings. The van der Waals surface area contributed by atoms with E-state index in [1.54, 1.807) is 0 Å². The monoisotopic (exact) mass is 884 g/mol. The zero-order chi connectivity index (χ0) is 45.4. The summed E-state index contributed by atoms with van der Waals surface area (Å²) in [6.45, 7) is 3.17. The maximum absolute atomic E-state index is 14.2. The van der Waals surface area contributed by atoms with Crippen LogP contribution < -0.4 is 38.1 Å². The maximum Gasteiger partial charge on any atom is 0.701 e. The first-order valence-electron chi connectivity index (χ1n) is 20.1. The van der Waals surface area contributed by atoms with Crippen molar-refractivity contribution in [2.24, 2.45) is 11.5 Å². The van der Waals surface area contributed by atoms with E-state index in [0.29, 0.717) is 31.4 Å². The summed E-state index contributed by atoms with van der Waals surface area (Å²) in [5.74, 6) is -3.84. The lowest BCUT2D eigenvalue weighted by atomic mass is 9.98. The van der Waals surface area contributed by atoms with Gasteiger partial charge >= 0.3 is 20.5 Å². The van der Waals surface area contributed by atoms with Gasteiger partial charge in [-0.15, -0.1) is 4.89 Å². The van der Waals surface area contributed by atoms with Crippen LogP contribution in [0.4, 0.5) is 13.6 Å². The van der Waals surface area contributed by atoms with E-state index in [1.165, 1.54) is 19.1 Å². The SMILES string of the molecule is CC(=O)NC(Cc1ccc(C(F)(F)O[P+](=O)O)cc1)C(=O)NC(CCCCNC(=O)OCC1c2ccccc2-c2ccccc21)C(=O)NC(C)C(=O)NC(CCCCN)C(N)=O. The zero-order valence-corrected chi connectivity index (χ0v) is 35.3. The molecule has 0 saturated carbocycles. The number of nitrogens with two attached hydrogens (primary N) is 2. The first-order valence-corrected chi connectivity index (χ1v) is 21.2. The first kappa shape index (κ1) is 48.8.